The highest BCUT2D eigenvalue weighted by molar-refractivity contribution is 6.73. The van der Waals surface area contributed by atoms with Crippen LogP contribution < -0.4 is 0 Å². The number of halogens is 8. The molecule has 0 aromatic carbocycles. The Morgan fingerprint density at radius 2 is 1.15 bits per heavy atom. The van der Waals surface area contributed by atoms with Gasteiger partial charge in [-0.1, -0.05) is 92.8 Å². The van der Waals surface area contributed by atoms with Gasteiger partial charge in [0.2, 0.25) is 11.6 Å². The molecular weight excluding hydrogens is 436 g/mol. The Morgan fingerprint density at radius 3 is 1.45 bits per heavy atom. The van der Waals surface area contributed by atoms with Gasteiger partial charge in [-0.05, 0) is 0 Å². The Kier molecular flexibility index (Phi) is 4.49. The number of hydrogen-bond donors (Lipinski definition) is 0. The second-order valence-electron chi connectivity index (χ2n) is 3.81. The van der Waals surface area contributed by atoms with Crippen LogP contribution >= 0.6 is 92.8 Å². The first-order valence-corrected chi connectivity index (χ1v) is 7.69. The number of rotatable bonds is 0. The molecule has 0 radical (unpaired) electrons. The standard InChI is InChI=1S/C10Cl8O2/c11-3-1(6(19)7(20)5(3)13)2-4(12)8(14)10(17,18)9(2,15)16. The molecule has 0 unspecified atom stereocenters. The van der Waals surface area contributed by atoms with Gasteiger partial charge < -0.3 is 0 Å². The number of carbonyl (C=O) groups is 2. The number of allylic oxidation sites excluding steroid dienone is 6. The van der Waals surface area contributed by atoms with Crippen LogP contribution in [0, 0.1) is 0 Å². The van der Waals surface area contributed by atoms with E-state index in [1.807, 2.05) is 0 Å². The molecule has 0 saturated heterocycles. The number of Topliss-reactive ketones (excluding diaryl/α,β-unsaturated/α-hetero) is 2. The fourth-order valence-electron chi connectivity index (χ4n) is 1.69. The second-order valence-corrected chi connectivity index (χ2v) is 7.98. The Labute approximate surface area is 153 Å². The van der Waals surface area contributed by atoms with Gasteiger partial charge in [-0.15, -0.1) is 0 Å². The van der Waals surface area contributed by atoms with Gasteiger partial charge in [0.1, 0.15) is 5.03 Å². The van der Waals surface area contributed by atoms with E-state index in [9.17, 15) is 9.59 Å². The van der Waals surface area contributed by atoms with E-state index in [2.05, 4.69) is 0 Å². The summed E-state index contributed by atoms with van der Waals surface area (Å²) in [5.74, 6) is -2.03. The monoisotopic (exact) mass is 432 g/mol. The fraction of sp³-hybridized carbons (Fsp3) is 0.200. The van der Waals surface area contributed by atoms with E-state index in [-0.39, 0.29) is 26.2 Å². The lowest BCUT2D eigenvalue weighted by Crippen LogP contribution is -2.34. The summed E-state index contributed by atoms with van der Waals surface area (Å²) in [5.41, 5.74) is -0.616. The molecule has 0 spiro atoms. The van der Waals surface area contributed by atoms with Gasteiger partial charge in [-0.3, -0.25) is 9.59 Å². The van der Waals surface area contributed by atoms with E-state index in [1.54, 1.807) is 0 Å². The van der Waals surface area contributed by atoms with Crippen LogP contribution in [0.25, 0.3) is 0 Å². The zero-order valence-corrected chi connectivity index (χ0v) is 14.9. The van der Waals surface area contributed by atoms with Gasteiger partial charge in [0.15, 0.2) is 8.67 Å². The molecule has 10 heteroatoms. The number of alkyl halides is 4. The molecule has 0 amide bonds. The SMILES string of the molecule is O=C1C(=O)C(=C2C(Cl)=C(Cl)C(Cl)(Cl)C2(Cl)Cl)C(Cl)=C1Cl. The van der Waals surface area contributed by atoms with Crippen LogP contribution in [0.1, 0.15) is 0 Å². The van der Waals surface area contributed by atoms with Gasteiger partial charge >= 0.3 is 0 Å². The van der Waals surface area contributed by atoms with Crippen molar-refractivity contribution in [2.75, 3.05) is 0 Å². The zero-order valence-electron chi connectivity index (χ0n) is 8.84. The molecule has 0 heterocycles. The van der Waals surface area contributed by atoms with Crippen molar-refractivity contribution in [3.8, 4) is 0 Å². The maximum absolute atomic E-state index is 11.9. The molecule has 2 aliphatic carbocycles. The lowest BCUT2D eigenvalue weighted by Gasteiger charge is -2.27. The average Bonchev–Trinajstić information content (AvgIpc) is 2.60. The zero-order chi connectivity index (χ0) is 15.6. The average molecular weight is 436 g/mol. The molecule has 0 saturated carbocycles. The van der Waals surface area contributed by atoms with Crippen molar-refractivity contribution in [2.24, 2.45) is 0 Å². The van der Waals surface area contributed by atoms with Gasteiger partial charge in [-0.25, -0.2) is 0 Å². The molecule has 0 aromatic rings. The smallest absolute Gasteiger partial charge is 0.246 e. The molecule has 0 aromatic heterocycles. The van der Waals surface area contributed by atoms with Crippen LogP contribution in [0.5, 0.6) is 0 Å². The maximum Gasteiger partial charge on any atom is 0.246 e. The Hall–Kier alpha value is 0.880. The third-order valence-corrected chi connectivity index (χ3v) is 6.94. The largest absolute Gasteiger partial charge is 0.285 e. The van der Waals surface area contributed by atoms with E-state index in [1.165, 1.54) is 0 Å². The molecular formula is C10Cl8O2. The normalized spacial score (nSPS) is 29.0. The molecule has 20 heavy (non-hydrogen) atoms. The van der Waals surface area contributed by atoms with Crippen LogP contribution in [0.3, 0.4) is 0 Å². The summed E-state index contributed by atoms with van der Waals surface area (Å²) in [7, 11) is 0. The fourth-order valence-corrected chi connectivity index (χ4v) is 3.99. The minimum Gasteiger partial charge on any atom is -0.285 e. The van der Waals surface area contributed by atoms with Crippen molar-refractivity contribution in [3.05, 3.63) is 31.3 Å². The lowest BCUT2D eigenvalue weighted by atomic mass is 10.0. The van der Waals surface area contributed by atoms with E-state index in [0.29, 0.717) is 0 Å². The van der Waals surface area contributed by atoms with E-state index < -0.39 is 25.3 Å². The van der Waals surface area contributed by atoms with Crippen LogP contribution in [0.15, 0.2) is 31.3 Å². The van der Waals surface area contributed by atoms with Gasteiger partial charge in [0.05, 0.1) is 20.7 Å². The third kappa shape index (κ3) is 2.08. The van der Waals surface area contributed by atoms with Crippen molar-refractivity contribution in [1.29, 1.82) is 0 Å². The predicted molar refractivity (Wildman–Crippen MR) is 83.4 cm³/mol. The summed E-state index contributed by atoms with van der Waals surface area (Å²) in [6.07, 6.45) is 0. The first kappa shape index (κ1) is 17.2. The molecule has 108 valence electrons. The minimum atomic E-state index is -2.09. The van der Waals surface area contributed by atoms with Gasteiger partial charge in [0.25, 0.3) is 0 Å². The second kappa shape index (κ2) is 5.21. The summed E-state index contributed by atoms with van der Waals surface area (Å²) in [6, 6.07) is 0. The number of ketones is 2. The van der Waals surface area contributed by atoms with E-state index >= 15 is 0 Å². The molecule has 0 aliphatic heterocycles. The molecule has 2 aliphatic rings. The summed E-state index contributed by atoms with van der Waals surface area (Å²) in [4.78, 5) is 23.5. The Morgan fingerprint density at radius 1 is 0.650 bits per heavy atom. The van der Waals surface area contributed by atoms with Crippen LogP contribution in [0.2, 0.25) is 0 Å². The highest BCUT2D eigenvalue weighted by atomic mass is 35.5. The summed E-state index contributed by atoms with van der Waals surface area (Å²) in [6.45, 7) is 0. The molecule has 0 bridgehead atoms. The highest BCUT2D eigenvalue weighted by Crippen LogP contribution is 2.63. The molecule has 2 rings (SSSR count). The first-order chi connectivity index (χ1) is 8.96. The minimum absolute atomic E-state index is 0.253. The van der Waals surface area contributed by atoms with Crippen LogP contribution in [-0.2, 0) is 9.59 Å². The molecule has 2 nitrogen and oxygen atoms in total. The summed E-state index contributed by atoms with van der Waals surface area (Å²) < 4.78 is -4.09. The van der Waals surface area contributed by atoms with Crippen molar-refractivity contribution >= 4 is 104 Å². The van der Waals surface area contributed by atoms with E-state index in [4.69, 9.17) is 92.8 Å². The highest BCUT2D eigenvalue weighted by Gasteiger charge is 2.61. The summed E-state index contributed by atoms with van der Waals surface area (Å²) in [5, 5.41) is -1.36. The summed E-state index contributed by atoms with van der Waals surface area (Å²) >= 11 is 47.4. The Bertz CT molecular complexity index is 652. The van der Waals surface area contributed by atoms with Crippen molar-refractivity contribution in [3.63, 3.8) is 0 Å². The van der Waals surface area contributed by atoms with E-state index in [0.717, 1.165) is 0 Å². The maximum atomic E-state index is 11.9. The van der Waals surface area contributed by atoms with Crippen molar-refractivity contribution in [1.82, 2.24) is 0 Å². The Balaban J connectivity index is 2.86. The lowest BCUT2D eigenvalue weighted by molar-refractivity contribution is -0.131. The molecule has 0 fully saturated rings. The van der Waals surface area contributed by atoms with Crippen LogP contribution in [-0.4, -0.2) is 20.2 Å². The number of hydrogen-bond acceptors (Lipinski definition) is 2. The quantitative estimate of drug-likeness (QED) is 0.299. The van der Waals surface area contributed by atoms with Gasteiger partial charge in [0, 0.05) is 5.57 Å². The van der Waals surface area contributed by atoms with Crippen LogP contribution in [0.4, 0.5) is 0 Å². The van der Waals surface area contributed by atoms with Crippen molar-refractivity contribution in [2.45, 2.75) is 8.67 Å². The molecule has 0 N–H and O–H groups in total. The predicted octanol–water partition coefficient (Wildman–Crippen LogP) is 5.17. The van der Waals surface area contributed by atoms with Gasteiger partial charge in [-0.2, -0.15) is 0 Å². The topological polar surface area (TPSA) is 34.1 Å². The third-order valence-electron chi connectivity index (χ3n) is 2.69. The first-order valence-electron chi connectivity index (χ1n) is 4.67. The van der Waals surface area contributed by atoms with Crippen molar-refractivity contribution < 1.29 is 9.59 Å². The molecule has 0 atom stereocenters. The number of carbonyl (C=O) groups excluding carboxylic acids is 2.